The first-order valence-corrected chi connectivity index (χ1v) is 9.94. The maximum atomic E-state index is 14.8. The lowest BCUT2D eigenvalue weighted by Gasteiger charge is -2.30. The predicted molar refractivity (Wildman–Crippen MR) is 112 cm³/mol. The van der Waals surface area contributed by atoms with Crippen LogP contribution in [0.3, 0.4) is 0 Å². The number of hydrogen-bond donors (Lipinski definition) is 1. The number of pyridine rings is 1. The second-order valence-electron chi connectivity index (χ2n) is 7.44. The quantitative estimate of drug-likeness (QED) is 0.494. The van der Waals surface area contributed by atoms with Gasteiger partial charge in [0, 0.05) is 11.3 Å². The molecule has 0 spiro atoms. The average molecular weight is 436 g/mol. The van der Waals surface area contributed by atoms with Crippen LogP contribution in [-0.2, 0) is 4.74 Å². The number of imidazole rings is 1. The summed E-state index contributed by atoms with van der Waals surface area (Å²) in [6, 6.07) is 10.3. The molecule has 32 heavy (non-hydrogen) atoms. The second-order valence-corrected chi connectivity index (χ2v) is 7.44. The first kappa shape index (κ1) is 20.1. The SMILES string of the molecule is Cc1cc(-c2nc(-c3ccc(F)cc3)c(NC(=O)c3ccco3)n2C2COC2)c(F)cn1. The minimum Gasteiger partial charge on any atom is -0.459 e. The molecule has 1 aromatic carbocycles. The highest BCUT2D eigenvalue weighted by Gasteiger charge is 2.32. The van der Waals surface area contributed by atoms with Crippen LogP contribution in [0, 0.1) is 18.6 Å². The molecule has 0 saturated carbocycles. The van der Waals surface area contributed by atoms with Crippen molar-refractivity contribution in [3.63, 3.8) is 0 Å². The molecule has 7 nitrogen and oxygen atoms in total. The summed E-state index contributed by atoms with van der Waals surface area (Å²) in [7, 11) is 0. The fraction of sp³-hybridized carbons (Fsp3) is 0.174. The van der Waals surface area contributed by atoms with E-state index in [1.807, 2.05) is 0 Å². The Morgan fingerprint density at radius 3 is 2.62 bits per heavy atom. The number of aryl methyl sites for hydroxylation is 1. The van der Waals surface area contributed by atoms with Crippen molar-refractivity contribution in [2.75, 3.05) is 18.5 Å². The van der Waals surface area contributed by atoms with Gasteiger partial charge in [0.1, 0.15) is 23.2 Å². The Hall–Kier alpha value is -3.85. The van der Waals surface area contributed by atoms with Crippen LogP contribution in [0.5, 0.6) is 0 Å². The number of carbonyl (C=O) groups is 1. The monoisotopic (exact) mass is 436 g/mol. The normalized spacial score (nSPS) is 13.7. The molecule has 1 amide bonds. The van der Waals surface area contributed by atoms with Crippen molar-refractivity contribution < 1.29 is 22.7 Å². The van der Waals surface area contributed by atoms with E-state index >= 15 is 0 Å². The zero-order valence-electron chi connectivity index (χ0n) is 17.0. The van der Waals surface area contributed by atoms with Crippen molar-refractivity contribution in [2.45, 2.75) is 13.0 Å². The molecule has 3 aromatic heterocycles. The summed E-state index contributed by atoms with van der Waals surface area (Å²) in [6.07, 6.45) is 2.53. The number of nitrogens with zero attached hydrogens (tertiary/aromatic N) is 3. The van der Waals surface area contributed by atoms with E-state index in [1.54, 1.807) is 35.8 Å². The number of hydrogen-bond acceptors (Lipinski definition) is 5. The summed E-state index contributed by atoms with van der Waals surface area (Å²) >= 11 is 0. The standard InChI is InChI=1S/C23H18F2N4O3/c1-13-9-17(18(25)10-26-13)21-27-20(14-4-6-15(24)7-5-14)22(29(21)16-11-31-12-16)28-23(30)19-3-2-8-32-19/h2-10,16H,11-12H2,1H3,(H,28,30). The zero-order valence-corrected chi connectivity index (χ0v) is 17.0. The molecule has 0 atom stereocenters. The molecule has 1 N–H and O–H groups in total. The van der Waals surface area contributed by atoms with Gasteiger partial charge in [-0.25, -0.2) is 13.8 Å². The van der Waals surface area contributed by atoms with E-state index < -0.39 is 17.5 Å². The number of carbonyl (C=O) groups excluding carboxylic acids is 1. The molecule has 1 aliphatic heterocycles. The van der Waals surface area contributed by atoms with Gasteiger partial charge in [0.05, 0.1) is 37.3 Å². The van der Waals surface area contributed by atoms with Crippen molar-refractivity contribution in [3.05, 3.63) is 78.0 Å². The topological polar surface area (TPSA) is 82.2 Å². The van der Waals surface area contributed by atoms with E-state index in [4.69, 9.17) is 14.1 Å². The lowest BCUT2D eigenvalue weighted by atomic mass is 10.1. The van der Waals surface area contributed by atoms with Crippen molar-refractivity contribution >= 4 is 11.7 Å². The average Bonchev–Trinajstić information content (AvgIpc) is 3.39. The van der Waals surface area contributed by atoms with Crippen LogP contribution in [0.1, 0.15) is 22.3 Å². The number of rotatable bonds is 5. The maximum Gasteiger partial charge on any atom is 0.292 e. The molecule has 0 aliphatic carbocycles. The predicted octanol–water partition coefficient (Wildman–Crippen LogP) is 4.62. The lowest BCUT2D eigenvalue weighted by molar-refractivity contribution is -0.0218. The van der Waals surface area contributed by atoms with Crippen molar-refractivity contribution in [1.82, 2.24) is 14.5 Å². The van der Waals surface area contributed by atoms with Crippen molar-refractivity contribution in [3.8, 4) is 22.6 Å². The van der Waals surface area contributed by atoms with Gasteiger partial charge < -0.3 is 19.0 Å². The van der Waals surface area contributed by atoms with Gasteiger partial charge in [-0.2, -0.15) is 0 Å². The third-order valence-electron chi connectivity index (χ3n) is 5.22. The van der Waals surface area contributed by atoms with Crippen molar-refractivity contribution in [2.24, 2.45) is 0 Å². The Kier molecular flexibility index (Phi) is 5.02. The molecule has 9 heteroatoms. The van der Waals surface area contributed by atoms with E-state index in [0.29, 0.717) is 41.8 Å². The molecule has 0 unspecified atom stereocenters. The van der Waals surface area contributed by atoms with Gasteiger partial charge in [-0.1, -0.05) is 0 Å². The molecule has 4 heterocycles. The highest BCUT2D eigenvalue weighted by molar-refractivity contribution is 6.04. The highest BCUT2D eigenvalue weighted by atomic mass is 19.1. The Balaban J connectivity index is 1.73. The fourth-order valence-electron chi connectivity index (χ4n) is 3.57. The highest BCUT2D eigenvalue weighted by Crippen LogP contribution is 2.39. The lowest BCUT2D eigenvalue weighted by Crippen LogP contribution is -2.32. The summed E-state index contributed by atoms with van der Waals surface area (Å²) < 4.78 is 40.7. The molecular formula is C23H18F2N4O3. The van der Waals surface area contributed by atoms with Crippen LogP contribution in [-0.4, -0.2) is 33.7 Å². The Morgan fingerprint density at radius 1 is 1.19 bits per heavy atom. The molecule has 5 rings (SSSR count). The van der Waals surface area contributed by atoms with Gasteiger partial charge in [0.2, 0.25) is 0 Å². The molecule has 0 bridgehead atoms. The number of aromatic nitrogens is 3. The molecule has 1 fully saturated rings. The number of amides is 1. The van der Waals surface area contributed by atoms with Gasteiger partial charge >= 0.3 is 0 Å². The number of halogens is 2. The summed E-state index contributed by atoms with van der Waals surface area (Å²) in [5, 5.41) is 2.85. The Labute approximate surface area is 181 Å². The molecule has 162 valence electrons. The fourth-order valence-corrected chi connectivity index (χ4v) is 3.57. The second kappa shape index (κ2) is 8.01. The van der Waals surface area contributed by atoms with Gasteiger partial charge in [-0.05, 0) is 49.4 Å². The summed E-state index contributed by atoms with van der Waals surface area (Å²) in [6.45, 7) is 2.51. The number of benzene rings is 1. The minimum atomic E-state index is -0.545. The molecule has 1 saturated heterocycles. The summed E-state index contributed by atoms with van der Waals surface area (Å²) in [4.78, 5) is 21.5. The summed E-state index contributed by atoms with van der Waals surface area (Å²) in [5.74, 6) is -0.669. The minimum absolute atomic E-state index is 0.111. The molecule has 1 aliphatic rings. The number of ether oxygens (including phenoxy) is 1. The van der Waals surface area contributed by atoms with Gasteiger partial charge in [-0.3, -0.25) is 9.78 Å². The Bertz CT molecular complexity index is 1280. The molecular weight excluding hydrogens is 418 g/mol. The van der Waals surface area contributed by atoms with E-state index in [2.05, 4.69) is 10.3 Å². The smallest absolute Gasteiger partial charge is 0.292 e. The van der Waals surface area contributed by atoms with E-state index in [1.165, 1.54) is 24.5 Å². The number of furan rings is 1. The van der Waals surface area contributed by atoms with Crippen LogP contribution < -0.4 is 5.32 Å². The van der Waals surface area contributed by atoms with Crippen LogP contribution >= 0.6 is 0 Å². The van der Waals surface area contributed by atoms with Crippen LogP contribution in [0.4, 0.5) is 14.6 Å². The van der Waals surface area contributed by atoms with Crippen LogP contribution in [0.15, 0.2) is 59.3 Å². The molecule has 4 aromatic rings. The van der Waals surface area contributed by atoms with E-state index in [9.17, 15) is 13.6 Å². The van der Waals surface area contributed by atoms with Gasteiger partial charge in [-0.15, -0.1) is 0 Å². The number of nitrogens with one attached hydrogen (secondary N) is 1. The molecule has 0 radical (unpaired) electrons. The van der Waals surface area contributed by atoms with Crippen LogP contribution in [0.25, 0.3) is 22.6 Å². The van der Waals surface area contributed by atoms with Gasteiger partial charge in [0.25, 0.3) is 5.91 Å². The Morgan fingerprint density at radius 2 is 1.97 bits per heavy atom. The van der Waals surface area contributed by atoms with E-state index in [0.717, 1.165) is 6.20 Å². The zero-order chi connectivity index (χ0) is 22.2. The van der Waals surface area contributed by atoms with Crippen LogP contribution in [0.2, 0.25) is 0 Å². The largest absolute Gasteiger partial charge is 0.459 e. The number of anilines is 1. The third kappa shape index (κ3) is 3.56. The third-order valence-corrected chi connectivity index (χ3v) is 5.22. The first-order chi connectivity index (χ1) is 15.5. The summed E-state index contributed by atoms with van der Waals surface area (Å²) in [5.41, 5.74) is 1.80. The first-order valence-electron chi connectivity index (χ1n) is 9.94. The maximum absolute atomic E-state index is 14.8. The van der Waals surface area contributed by atoms with E-state index in [-0.39, 0.29) is 17.4 Å². The van der Waals surface area contributed by atoms with Gasteiger partial charge in [0.15, 0.2) is 11.6 Å². The van der Waals surface area contributed by atoms with Crippen molar-refractivity contribution in [1.29, 1.82) is 0 Å².